The van der Waals surface area contributed by atoms with E-state index in [9.17, 15) is 65.4 Å². The maximum atomic E-state index is 13.5. The number of carbonyl (C=O) groups is 4. The number of amides is 4. The van der Waals surface area contributed by atoms with Gasteiger partial charge in [0.25, 0.3) is 22.2 Å². The highest BCUT2D eigenvalue weighted by molar-refractivity contribution is 9.10. The predicted molar refractivity (Wildman–Crippen MR) is 549 cm³/mol. The molecule has 12 aromatic rings. The van der Waals surface area contributed by atoms with Gasteiger partial charge in [0.1, 0.15) is 45.7 Å². The Bertz CT molecular complexity index is 6670. The van der Waals surface area contributed by atoms with Crippen LogP contribution in [-0.2, 0) is 64.8 Å². The Morgan fingerprint density at radius 2 is 0.692 bits per heavy atom. The third-order valence-corrected chi connectivity index (χ3v) is 28.1. The zero-order chi connectivity index (χ0) is 104. The first kappa shape index (κ1) is 106. The number of ether oxygens (including phenoxy) is 4. The summed E-state index contributed by atoms with van der Waals surface area (Å²) in [6, 6.07) is 68.7. The van der Waals surface area contributed by atoms with Gasteiger partial charge in [-0.05, 0) is 248 Å². The molecular formula is C113H121BBrF5N8O15. The predicted octanol–water partition coefficient (Wildman–Crippen LogP) is 23.1. The number of aliphatic hydroxyl groups is 1. The summed E-state index contributed by atoms with van der Waals surface area (Å²) in [5.41, 5.74) is 7.52. The summed E-state index contributed by atoms with van der Waals surface area (Å²) in [5, 5.41) is 9.36. The van der Waals surface area contributed by atoms with Gasteiger partial charge >= 0.3 is 31.5 Å². The fourth-order valence-corrected chi connectivity index (χ4v) is 18.5. The Kier molecular flexibility index (Phi) is 35.4. The van der Waals surface area contributed by atoms with Crippen LogP contribution in [-0.4, -0.2) is 126 Å². The SMILES string of the molecule is C=CC[C@]1(c2ccc(F)cc2)CCN([C@@H](C)c2ccc(-c3ccc[nH]c3=O)cc2)C(=O)O1.C=CC[C@]1(c2ccc(F)cc2)CCN([C@@H](C)c2ccc(-c3cccn(C)c3=O)cc2)C(=O)O1.C=CC[C@]1(c2ccc(F)cc2)CCN([C@@H](C)c2ccc(B3OC(C)(C)C(C)(C)O3)cc2)C(=O)O1.C[C@@H](c1ccc(-c2cccn(C)c2=O)cc1)N1CC[C@](CCCO)(c2ccc(F)cc2)OC1=O.O=c1[nH]cccc1Br.[2H]CF. The quantitative estimate of drug-likeness (QED) is 0.0208. The number of aromatic amines is 2. The average molecular weight is 2020 g/mol. The standard InChI is InChI=1S/C27H33BFNO4.C27H29FN2O4.C27H27FN2O3.C26H25FN2O3.C5H4BrNO.CH3F/c1-7-16-27(21-10-14-23(29)15-11-21)17-18-30(24(31)32-27)19(2)20-8-12-22(13-9-20)28-33-25(3,4)26(5,6)34-28;1-19(20-6-8-21(9-7-20)24-5-3-16-29(2)25(24)32)30-17-15-27(14-4-18-31,34-26(30)33)22-10-12-23(28)13-11-22;1-4-15-27(22-11-13-23(28)14-12-22)16-18-30(26(32)33-27)19(2)20-7-9-21(10-8-20)24-6-5-17-29(3)25(24)31;1-3-14-26(21-10-12-22(27)13-11-21)15-17-29(25(31)32-26)18(2)19-6-8-20(9-7-19)23-5-4-16-28-24(23)30;6-4-2-1-3-7-5(4)8;1-2/h7-15,19H,1,16-18H2,2-6H3;3,5-13,16,19,31H,4,14-15,17-18H2,1-2H3;4-14,17,19H,1,15-16,18H2,2-3H3;3-13,16,18H,1,14-15,17H2,2H3,(H,28,30);1-3H,(H,7,8);1H3/t3*19-,27+;18-,26+;;/m0000../s1/i;;;;;1D. The van der Waals surface area contributed by atoms with Gasteiger partial charge < -0.3 is 72.1 Å². The van der Waals surface area contributed by atoms with Crippen LogP contribution in [0.15, 0.2) is 329 Å². The van der Waals surface area contributed by atoms with Crippen molar-refractivity contribution in [3.8, 4) is 33.4 Å². The molecule has 0 bridgehead atoms. The summed E-state index contributed by atoms with van der Waals surface area (Å²) in [4.78, 5) is 112. The van der Waals surface area contributed by atoms with Crippen LogP contribution in [0.25, 0.3) is 33.4 Å². The fourth-order valence-electron chi connectivity index (χ4n) is 18.2. The lowest BCUT2D eigenvalue weighted by atomic mass is 9.78. The van der Waals surface area contributed by atoms with E-state index in [1.807, 2.05) is 165 Å². The van der Waals surface area contributed by atoms with E-state index in [1.54, 1.807) is 171 Å². The van der Waals surface area contributed by atoms with Crippen LogP contribution in [0.3, 0.4) is 0 Å². The number of aliphatic hydroxyl groups excluding tert-OH is 1. The van der Waals surface area contributed by atoms with E-state index in [0.717, 1.165) is 66.7 Å². The van der Waals surface area contributed by atoms with Crippen molar-refractivity contribution in [2.45, 2.75) is 171 Å². The third kappa shape index (κ3) is 25.2. The highest BCUT2D eigenvalue weighted by Crippen LogP contribution is 2.46. The van der Waals surface area contributed by atoms with Crippen molar-refractivity contribution < 1.29 is 75.9 Å². The highest BCUT2D eigenvalue weighted by atomic mass is 79.9. The van der Waals surface area contributed by atoms with Crippen LogP contribution in [0.2, 0.25) is 0 Å². The van der Waals surface area contributed by atoms with Crippen LogP contribution >= 0.6 is 15.9 Å². The maximum Gasteiger partial charge on any atom is 0.494 e. The molecule has 5 fully saturated rings. The number of benzene rings is 8. The molecular weight excluding hydrogens is 1890 g/mol. The second-order valence-electron chi connectivity index (χ2n) is 36.8. The van der Waals surface area contributed by atoms with Crippen molar-refractivity contribution in [1.82, 2.24) is 38.7 Å². The summed E-state index contributed by atoms with van der Waals surface area (Å²) in [5.74, 6) is -1.34. The van der Waals surface area contributed by atoms with Gasteiger partial charge in [0.2, 0.25) is 0 Å². The molecule has 748 valence electrons. The first-order valence-electron chi connectivity index (χ1n) is 47.9. The van der Waals surface area contributed by atoms with Crippen LogP contribution in [0.1, 0.15) is 183 Å². The van der Waals surface area contributed by atoms with E-state index in [4.69, 9.17) is 29.6 Å². The Balaban J connectivity index is 0.000000165. The van der Waals surface area contributed by atoms with Crippen molar-refractivity contribution in [1.29, 1.82) is 0 Å². The van der Waals surface area contributed by atoms with Gasteiger partial charge in [0, 0.05) is 133 Å². The number of pyridine rings is 4. The van der Waals surface area contributed by atoms with Gasteiger partial charge in [0.05, 0.1) is 48.4 Å². The van der Waals surface area contributed by atoms with Gasteiger partial charge in [-0.2, -0.15) is 0 Å². The first-order valence-corrected chi connectivity index (χ1v) is 48.0. The molecule has 4 amide bonds. The molecule has 0 aliphatic carbocycles. The summed E-state index contributed by atoms with van der Waals surface area (Å²) in [6.45, 7) is 29.4. The van der Waals surface area contributed by atoms with E-state index in [1.165, 1.54) is 48.5 Å². The van der Waals surface area contributed by atoms with Crippen LogP contribution < -0.4 is 27.7 Å². The lowest BCUT2D eigenvalue weighted by Crippen LogP contribution is -2.48. The Hall–Kier alpha value is -14.1. The maximum absolute atomic E-state index is 13.5. The average Bonchev–Trinajstić information content (AvgIpc) is 1.34. The minimum Gasteiger partial charge on any atom is -0.438 e. The summed E-state index contributed by atoms with van der Waals surface area (Å²) >= 11 is 3.05. The van der Waals surface area contributed by atoms with E-state index in [-0.39, 0.29) is 82.4 Å². The molecule has 5 aliphatic heterocycles. The lowest BCUT2D eigenvalue weighted by Gasteiger charge is -2.43. The smallest absolute Gasteiger partial charge is 0.438 e. The second kappa shape index (κ2) is 47.7. The number of hydrogen-bond acceptors (Lipinski definition) is 15. The van der Waals surface area contributed by atoms with E-state index < -0.39 is 66.2 Å². The normalized spacial score (nSPS) is 19.8. The highest BCUT2D eigenvalue weighted by Gasteiger charge is 2.53. The molecule has 3 N–H and O–H groups in total. The molecule has 17 rings (SSSR count). The molecule has 0 radical (unpaired) electrons. The van der Waals surface area contributed by atoms with Crippen molar-refractivity contribution in [2.75, 3.05) is 39.9 Å². The number of rotatable bonds is 25. The third-order valence-electron chi connectivity index (χ3n) is 27.5. The van der Waals surface area contributed by atoms with Crippen molar-refractivity contribution in [3.05, 3.63) is 419 Å². The lowest BCUT2D eigenvalue weighted by molar-refractivity contribution is -0.0681. The molecule has 8 aromatic carbocycles. The van der Waals surface area contributed by atoms with Crippen LogP contribution in [0.4, 0.5) is 41.1 Å². The number of nitrogens with zero attached hydrogens (tertiary/aromatic N) is 6. The van der Waals surface area contributed by atoms with E-state index >= 15 is 0 Å². The van der Waals surface area contributed by atoms with E-state index in [2.05, 4.69) is 45.6 Å². The summed E-state index contributed by atoms with van der Waals surface area (Å²) < 4.78 is 109. The minimum atomic E-state index is -1.00. The molecule has 5 aliphatic rings. The van der Waals surface area contributed by atoms with Crippen molar-refractivity contribution in [3.63, 3.8) is 0 Å². The number of carbonyl (C=O) groups excluding carboxylic acids is 4. The molecule has 143 heavy (non-hydrogen) atoms. The van der Waals surface area contributed by atoms with Gasteiger partial charge in [-0.25, -0.2) is 36.7 Å². The Labute approximate surface area is 840 Å². The zero-order valence-corrected chi connectivity index (χ0v) is 83.4. The molecule has 4 aromatic heterocycles. The van der Waals surface area contributed by atoms with Gasteiger partial charge in [0.15, 0.2) is 0 Å². The van der Waals surface area contributed by atoms with Crippen LogP contribution in [0.5, 0.6) is 0 Å². The molecule has 23 nitrogen and oxygen atoms in total. The Morgan fingerprint density at radius 1 is 0.413 bits per heavy atom. The fraction of sp³-hybridized carbons (Fsp3) is 0.310. The second-order valence-corrected chi connectivity index (χ2v) is 37.7. The monoisotopic (exact) mass is 2020 g/mol. The number of hydrogen-bond donors (Lipinski definition) is 3. The largest absolute Gasteiger partial charge is 0.494 e. The van der Waals surface area contributed by atoms with Crippen LogP contribution in [0, 0.1) is 23.3 Å². The number of aromatic nitrogens is 4. The summed E-state index contributed by atoms with van der Waals surface area (Å²) in [6.07, 6.45) is 14.7. The number of aryl methyl sites for hydroxylation is 2. The molecule has 0 unspecified atom stereocenters. The molecule has 0 spiro atoms. The number of cyclic esters (lactones) is 4. The molecule has 5 saturated heterocycles. The first-order chi connectivity index (χ1) is 68.8. The molecule has 30 heteroatoms. The number of nitrogens with one attached hydrogen (secondary N) is 2. The van der Waals surface area contributed by atoms with E-state index in [0.29, 0.717) is 105 Å². The Morgan fingerprint density at radius 3 is 0.979 bits per heavy atom. The summed E-state index contributed by atoms with van der Waals surface area (Å²) in [7, 11) is 2.02. The van der Waals surface area contributed by atoms with Crippen molar-refractivity contribution >= 4 is 52.9 Å². The number of halogens is 6. The molecule has 0 saturated carbocycles. The number of alkyl halides is 1. The molecule has 8 atom stereocenters. The van der Waals surface area contributed by atoms with Gasteiger partial charge in [-0.3, -0.25) is 23.6 Å². The topological polar surface area (TPSA) is 267 Å². The van der Waals surface area contributed by atoms with Gasteiger partial charge in [-0.15, -0.1) is 19.7 Å². The van der Waals surface area contributed by atoms with Crippen molar-refractivity contribution in [2.24, 2.45) is 14.1 Å². The minimum absolute atomic E-state index is 0.0164. The zero-order valence-electron chi connectivity index (χ0n) is 82.9. The number of H-pyrrole nitrogens is 2. The van der Waals surface area contributed by atoms with Gasteiger partial charge in [-0.1, -0.05) is 164 Å². The molecule has 9 heterocycles.